The number of aliphatic hydroxyl groups excluding tert-OH is 1. The number of Topliss-reactive ketones (excluding diaryl/α,β-unsaturated/α-hetero) is 1. The zero-order chi connectivity index (χ0) is 24.7. The molecule has 1 amide bonds. The molecule has 0 spiro atoms. The number of hydrogen-bond donors (Lipinski definition) is 2. The number of rotatable bonds is 4. The Bertz CT molecular complexity index is 1380. The van der Waals surface area contributed by atoms with Crippen LogP contribution in [0.15, 0.2) is 66.2 Å². The quantitative estimate of drug-likeness (QED) is 0.314. The number of ketones is 1. The second kappa shape index (κ2) is 8.88. The molecule has 5 rings (SSSR count). The van der Waals surface area contributed by atoms with Crippen molar-refractivity contribution >= 4 is 34.7 Å². The van der Waals surface area contributed by atoms with Gasteiger partial charge in [-0.15, -0.1) is 0 Å². The van der Waals surface area contributed by atoms with E-state index < -0.39 is 17.7 Å². The normalized spacial score (nSPS) is 18.6. The van der Waals surface area contributed by atoms with Gasteiger partial charge in [0.1, 0.15) is 30.5 Å². The third kappa shape index (κ3) is 3.91. The molecule has 0 radical (unpaired) electrons. The molecule has 1 unspecified atom stereocenters. The van der Waals surface area contributed by atoms with Crippen molar-refractivity contribution in [2.75, 3.05) is 25.2 Å². The lowest BCUT2D eigenvalue weighted by Crippen LogP contribution is -2.29. The third-order valence-corrected chi connectivity index (χ3v) is 6.15. The first-order valence-electron chi connectivity index (χ1n) is 10.7. The number of carbonyl (C=O) groups is 2. The van der Waals surface area contributed by atoms with Gasteiger partial charge in [-0.2, -0.15) is 0 Å². The summed E-state index contributed by atoms with van der Waals surface area (Å²) in [5, 5.41) is 21.6. The van der Waals surface area contributed by atoms with Gasteiger partial charge in [-0.25, -0.2) is 0 Å². The van der Waals surface area contributed by atoms with E-state index in [4.69, 9.17) is 25.8 Å². The lowest BCUT2D eigenvalue weighted by Gasteiger charge is -2.26. The Morgan fingerprint density at radius 2 is 1.80 bits per heavy atom. The molecule has 178 valence electrons. The number of benzene rings is 3. The maximum atomic E-state index is 13.3. The van der Waals surface area contributed by atoms with Crippen molar-refractivity contribution in [1.82, 2.24) is 0 Å². The first-order valence-corrected chi connectivity index (χ1v) is 11.1. The summed E-state index contributed by atoms with van der Waals surface area (Å²) in [5.41, 5.74) is 0.900. The number of methoxy groups -OCH3 is 1. The van der Waals surface area contributed by atoms with E-state index in [9.17, 15) is 19.8 Å². The molecular weight excluding hydrogens is 474 g/mol. The number of fused-ring (bicyclic) bond motifs is 1. The molecule has 0 saturated carbocycles. The van der Waals surface area contributed by atoms with Crippen molar-refractivity contribution in [3.8, 4) is 23.0 Å². The number of phenolic OH excluding ortho intramolecular Hbond substituents is 1. The van der Waals surface area contributed by atoms with E-state index in [1.807, 2.05) is 0 Å². The summed E-state index contributed by atoms with van der Waals surface area (Å²) in [6.07, 6.45) is 0. The second-order valence-corrected chi connectivity index (χ2v) is 8.35. The zero-order valence-corrected chi connectivity index (χ0v) is 19.3. The van der Waals surface area contributed by atoms with E-state index in [-0.39, 0.29) is 27.7 Å². The molecule has 35 heavy (non-hydrogen) atoms. The van der Waals surface area contributed by atoms with E-state index in [1.165, 1.54) is 30.2 Å². The number of aromatic hydroxyl groups is 1. The lowest BCUT2D eigenvalue weighted by molar-refractivity contribution is -0.132. The van der Waals surface area contributed by atoms with Crippen LogP contribution >= 0.6 is 11.6 Å². The molecule has 3 aromatic rings. The number of amides is 1. The van der Waals surface area contributed by atoms with Gasteiger partial charge in [0.25, 0.3) is 11.7 Å². The average molecular weight is 494 g/mol. The van der Waals surface area contributed by atoms with Gasteiger partial charge >= 0.3 is 0 Å². The van der Waals surface area contributed by atoms with E-state index in [0.717, 1.165) is 0 Å². The minimum Gasteiger partial charge on any atom is -0.508 e. The Kier molecular flexibility index (Phi) is 5.74. The highest BCUT2D eigenvalue weighted by Gasteiger charge is 2.47. The molecule has 9 heteroatoms. The number of nitrogens with zero attached hydrogens (tertiary/aromatic N) is 1. The topological polar surface area (TPSA) is 106 Å². The maximum absolute atomic E-state index is 13.3. The highest BCUT2D eigenvalue weighted by atomic mass is 35.5. The van der Waals surface area contributed by atoms with Crippen molar-refractivity contribution in [2.45, 2.75) is 6.04 Å². The number of halogens is 1. The van der Waals surface area contributed by atoms with Crippen LogP contribution in [0.1, 0.15) is 17.2 Å². The second-order valence-electron chi connectivity index (χ2n) is 7.94. The highest BCUT2D eigenvalue weighted by molar-refractivity contribution is 6.51. The highest BCUT2D eigenvalue weighted by Crippen LogP contribution is 2.44. The van der Waals surface area contributed by atoms with E-state index in [0.29, 0.717) is 41.7 Å². The molecule has 1 atom stereocenters. The minimum absolute atomic E-state index is 0.0554. The Labute approximate surface area is 205 Å². The smallest absolute Gasteiger partial charge is 0.300 e. The van der Waals surface area contributed by atoms with Crippen LogP contribution in [0.4, 0.5) is 5.69 Å². The van der Waals surface area contributed by atoms with Gasteiger partial charge in [-0.05, 0) is 54.1 Å². The number of ether oxygens (including phenoxy) is 3. The van der Waals surface area contributed by atoms with E-state index in [1.54, 1.807) is 42.5 Å². The van der Waals surface area contributed by atoms with Crippen molar-refractivity contribution in [1.29, 1.82) is 0 Å². The lowest BCUT2D eigenvalue weighted by atomic mass is 9.94. The van der Waals surface area contributed by atoms with Gasteiger partial charge < -0.3 is 24.4 Å². The SMILES string of the molecule is COc1ccc(N2C(=O)C(=O)/C(=C(\O)c3ccc4c(c3)OCCO4)C2c2cccc(O)c2)cc1Cl. The van der Waals surface area contributed by atoms with Gasteiger partial charge in [-0.3, -0.25) is 14.5 Å². The maximum Gasteiger partial charge on any atom is 0.300 e. The largest absolute Gasteiger partial charge is 0.508 e. The van der Waals surface area contributed by atoms with Crippen LogP contribution < -0.4 is 19.1 Å². The van der Waals surface area contributed by atoms with Crippen molar-refractivity contribution in [3.05, 3.63) is 82.4 Å². The van der Waals surface area contributed by atoms with Crippen molar-refractivity contribution in [3.63, 3.8) is 0 Å². The predicted molar refractivity (Wildman–Crippen MR) is 128 cm³/mol. The summed E-state index contributed by atoms with van der Waals surface area (Å²) in [4.78, 5) is 27.8. The van der Waals surface area contributed by atoms with Gasteiger partial charge in [0.05, 0.1) is 23.7 Å². The van der Waals surface area contributed by atoms with E-state index >= 15 is 0 Å². The van der Waals surface area contributed by atoms with Crippen LogP contribution in [0, 0.1) is 0 Å². The number of carbonyl (C=O) groups excluding carboxylic acids is 2. The number of aliphatic hydroxyl groups is 1. The molecule has 0 bridgehead atoms. The van der Waals surface area contributed by atoms with Crippen LogP contribution in [0.3, 0.4) is 0 Å². The molecule has 0 aromatic heterocycles. The van der Waals surface area contributed by atoms with Crippen molar-refractivity contribution in [2.24, 2.45) is 0 Å². The average Bonchev–Trinajstić information content (AvgIpc) is 3.13. The van der Waals surface area contributed by atoms with Crippen LogP contribution in [0.25, 0.3) is 5.76 Å². The molecule has 2 heterocycles. The summed E-state index contributed by atoms with van der Waals surface area (Å²) in [6, 6.07) is 14.6. The Morgan fingerprint density at radius 1 is 1.03 bits per heavy atom. The van der Waals surface area contributed by atoms with Gasteiger partial charge in [0, 0.05) is 11.3 Å². The Balaban J connectivity index is 1.69. The molecule has 8 nitrogen and oxygen atoms in total. The Hall–Kier alpha value is -4.17. The number of phenols is 1. The molecule has 0 aliphatic carbocycles. The van der Waals surface area contributed by atoms with Gasteiger partial charge in [0.2, 0.25) is 0 Å². The zero-order valence-electron chi connectivity index (χ0n) is 18.5. The molecule has 2 aliphatic rings. The fourth-order valence-electron chi connectivity index (χ4n) is 4.26. The van der Waals surface area contributed by atoms with Crippen LogP contribution in [-0.4, -0.2) is 42.2 Å². The molecular formula is C26H20ClNO7. The van der Waals surface area contributed by atoms with Gasteiger partial charge in [0.15, 0.2) is 11.5 Å². The first-order chi connectivity index (χ1) is 16.9. The first kappa shape index (κ1) is 22.6. The van der Waals surface area contributed by atoms with Crippen molar-refractivity contribution < 1.29 is 34.0 Å². The van der Waals surface area contributed by atoms with Crippen LogP contribution in [-0.2, 0) is 9.59 Å². The molecule has 1 saturated heterocycles. The standard InChI is InChI=1S/C26H20ClNO7/c1-33-19-8-6-16(13-18(19)27)28-23(14-3-2-4-17(29)11-14)22(25(31)26(28)32)24(30)15-5-7-20-21(12-15)35-10-9-34-20/h2-8,11-13,23,29-30H,9-10H2,1H3/b24-22-. The van der Waals surface area contributed by atoms with E-state index in [2.05, 4.69) is 0 Å². The summed E-state index contributed by atoms with van der Waals surface area (Å²) >= 11 is 6.30. The molecule has 1 fully saturated rings. The van der Waals surface area contributed by atoms with Gasteiger partial charge in [-0.1, -0.05) is 23.7 Å². The Morgan fingerprint density at radius 3 is 2.51 bits per heavy atom. The minimum atomic E-state index is -1.03. The summed E-state index contributed by atoms with van der Waals surface area (Å²) in [6.45, 7) is 0.758. The van der Waals surface area contributed by atoms with Crippen LogP contribution in [0.5, 0.6) is 23.0 Å². The molecule has 2 aliphatic heterocycles. The third-order valence-electron chi connectivity index (χ3n) is 5.86. The van der Waals surface area contributed by atoms with Crippen LogP contribution in [0.2, 0.25) is 5.02 Å². The predicted octanol–water partition coefficient (Wildman–Crippen LogP) is 4.45. The fraction of sp³-hybridized carbons (Fsp3) is 0.154. The summed E-state index contributed by atoms with van der Waals surface area (Å²) < 4.78 is 16.3. The fourth-order valence-corrected chi connectivity index (χ4v) is 4.51. The summed E-state index contributed by atoms with van der Waals surface area (Å²) in [5.74, 6) is -0.819. The molecule has 3 aromatic carbocycles. The number of hydrogen-bond acceptors (Lipinski definition) is 7. The summed E-state index contributed by atoms with van der Waals surface area (Å²) in [7, 11) is 1.47. The number of anilines is 1. The monoisotopic (exact) mass is 493 g/mol. The molecule has 2 N–H and O–H groups in total.